The van der Waals surface area contributed by atoms with E-state index in [9.17, 15) is 81.2 Å². The predicted molar refractivity (Wildman–Crippen MR) is 207 cm³/mol. The number of carboxylic acids is 2. The maximum atomic E-state index is 10.9. The minimum absolute atomic E-state index is 0. The van der Waals surface area contributed by atoms with Crippen LogP contribution in [0.15, 0.2) is 147 Å². The van der Waals surface area contributed by atoms with Gasteiger partial charge in [0.05, 0.1) is 18.8 Å². The number of carboxylic acid groups (broad SMARTS) is 2. The van der Waals surface area contributed by atoms with Crippen molar-refractivity contribution in [2.24, 2.45) is 0 Å². The summed E-state index contributed by atoms with van der Waals surface area (Å²) in [6.45, 7) is 0.0465. The second-order valence-electron chi connectivity index (χ2n) is 11.5. The van der Waals surface area contributed by atoms with Gasteiger partial charge in [-0.25, -0.2) is 4.57 Å². The summed E-state index contributed by atoms with van der Waals surface area (Å²) in [6, 6.07) is 29.2. The van der Waals surface area contributed by atoms with Gasteiger partial charge in [-0.2, -0.15) is 37.7 Å². The Morgan fingerprint density at radius 1 is 0.432 bits per heavy atom. The van der Waals surface area contributed by atoms with Crippen LogP contribution in [0.1, 0.15) is 15.9 Å². The van der Waals surface area contributed by atoms with Gasteiger partial charge in [-0.05, 0) is 52.1 Å². The molecule has 0 aliphatic rings. The molecule has 0 radical (unpaired) electrons. The van der Waals surface area contributed by atoms with Crippen LogP contribution < -0.4 is 123 Å². The van der Waals surface area contributed by atoms with Crippen LogP contribution in [-0.2, 0) is 27.5 Å². The monoisotopic (exact) mass is 1050 g/mol. The van der Waals surface area contributed by atoms with Gasteiger partial charge in [-0.15, -0.1) is 0 Å². The fraction of sp³-hybridized carbons (Fsp3) is 0.0526. The standard InChI is InChI=1S/C24H16N2O3.C14H12N2O3.4BF3.4FH.4Li.2H2O/c27-17-18-1-5-22(6-2-18)25-13-9-19(10-14-25)20-11-15-26(16-12-20)23-7-3-21(4-8-23)24(28)29;17-10-9-15-5-1-12(2-6-15)13-3-7-16(8-4-13)11-14(18)19;4*2-1(3)4;;;;;;;;;;/h1-16H;1-8H,9,11H2;;;;;4*1H;;;;;2*1H2/q;;;;;;;;;;4*+1;;/p-6. The number of aromatic carboxylic acids is 1. The molecule has 0 amide bonds. The number of hydrogen-bond acceptors (Lipinski definition) is 8. The summed E-state index contributed by atoms with van der Waals surface area (Å²) in [4.78, 5) is 42.2. The maximum Gasteiger partial charge on any atom is 1.00 e. The summed E-state index contributed by atoms with van der Waals surface area (Å²) in [6.07, 6.45) is 18.4. The molecule has 0 aliphatic heterocycles. The number of hydrogen-bond donors (Lipinski definition) is 0. The zero-order chi connectivity index (χ0) is 48.2. The van der Waals surface area contributed by atoms with Crippen molar-refractivity contribution in [3.63, 3.8) is 0 Å². The average Bonchev–Trinajstić information content (AvgIpc) is 3.24. The van der Waals surface area contributed by atoms with E-state index in [-0.39, 0.29) is 124 Å². The molecule has 2 N–H and O–H groups in total. The van der Waals surface area contributed by atoms with Gasteiger partial charge < -0.3 is 59.2 Å². The molecular weight excluding hydrogens is 1020 g/mol. The molecule has 0 saturated heterocycles. The fourth-order valence-corrected chi connectivity index (χ4v) is 4.79. The maximum absolute atomic E-state index is 10.9. The number of carbonyl (C=O) groups is 2. The SMILES string of the molecule is FB(F)F.FB(F)F.FB(F)F.FB(F)F.O=[C-]C[n+]1ccc(-c2cc[n+](CC(=O)[O-])cc2)cc1.O=[C-]c1ccc(-[n+]2ccc(-c3cc[n+](-c4ccc(C(=O)[O-])cc4)cc3)cc2)cc1.[F-].[F-].[F-].[F-].[Li+].[Li+].[Li+].[Li+].[OH-].[OH-]. The summed E-state index contributed by atoms with van der Waals surface area (Å²) in [7, 11) is -14.7. The van der Waals surface area contributed by atoms with Crippen LogP contribution in [0.25, 0.3) is 33.6 Å². The van der Waals surface area contributed by atoms with E-state index in [0.29, 0.717) is 5.56 Å². The number of pyridine rings is 4. The van der Waals surface area contributed by atoms with Crippen molar-refractivity contribution in [2.45, 2.75) is 13.1 Å². The van der Waals surface area contributed by atoms with Crippen LogP contribution in [0.2, 0.25) is 0 Å². The largest absolute Gasteiger partial charge is 1.00 e. The number of nitrogens with zero attached hydrogens (tertiary/aromatic N) is 4. The van der Waals surface area contributed by atoms with E-state index in [2.05, 4.69) is 0 Å². The molecule has 380 valence electrons. The van der Waals surface area contributed by atoms with Crippen molar-refractivity contribution >= 4 is 54.7 Å². The van der Waals surface area contributed by atoms with Crippen LogP contribution in [0, 0.1) is 0 Å². The normalized spacial score (nSPS) is 8.16. The molecule has 0 atom stereocenters. The Kier molecular flexibility index (Phi) is 63.3. The zero-order valence-corrected chi connectivity index (χ0v) is 38.8. The molecule has 2 aromatic carbocycles. The van der Waals surface area contributed by atoms with E-state index in [1.165, 1.54) is 16.7 Å². The molecular formula is C38H30B4F16Li4N4O8-2. The number of benzene rings is 2. The van der Waals surface area contributed by atoms with E-state index >= 15 is 0 Å². The van der Waals surface area contributed by atoms with E-state index in [1.807, 2.05) is 107 Å². The van der Waals surface area contributed by atoms with Gasteiger partial charge in [0.2, 0.25) is 5.69 Å². The van der Waals surface area contributed by atoms with Gasteiger partial charge in [-0.3, -0.25) is 51.8 Å². The van der Waals surface area contributed by atoms with Gasteiger partial charge in [0, 0.05) is 60.7 Å². The van der Waals surface area contributed by atoms with Crippen LogP contribution in [0.3, 0.4) is 0 Å². The van der Waals surface area contributed by atoms with Crippen LogP contribution in [0.5, 0.6) is 0 Å². The predicted octanol–water partition coefficient (Wildman–Crippen LogP) is -20.3. The van der Waals surface area contributed by atoms with Gasteiger partial charge in [-0.1, -0.05) is 0 Å². The number of aliphatic carboxylic acids is 1. The second kappa shape index (κ2) is 51.3. The van der Waals surface area contributed by atoms with E-state index in [4.69, 9.17) is 0 Å². The number of aromatic nitrogens is 4. The summed E-state index contributed by atoms with van der Waals surface area (Å²) < 4.78 is 123. The molecule has 0 saturated carbocycles. The molecule has 0 aliphatic carbocycles. The van der Waals surface area contributed by atoms with E-state index in [0.717, 1.165) is 33.6 Å². The zero-order valence-electron chi connectivity index (χ0n) is 38.8. The van der Waals surface area contributed by atoms with Crippen molar-refractivity contribution in [1.82, 2.24) is 0 Å². The van der Waals surface area contributed by atoms with Crippen molar-refractivity contribution in [1.29, 1.82) is 0 Å². The Morgan fingerprint density at radius 3 is 0.932 bits per heavy atom. The van der Waals surface area contributed by atoms with Crippen molar-refractivity contribution in [2.75, 3.05) is 0 Å². The van der Waals surface area contributed by atoms with Crippen molar-refractivity contribution < 1.29 is 205 Å². The van der Waals surface area contributed by atoms with Crippen LogP contribution in [0.4, 0.5) is 51.8 Å². The van der Waals surface area contributed by atoms with Crippen LogP contribution >= 0.6 is 0 Å². The quantitative estimate of drug-likeness (QED) is 0.0560. The topological polar surface area (TPSA) is 190 Å². The molecule has 0 spiro atoms. The molecule has 6 rings (SSSR count). The Morgan fingerprint density at radius 2 is 0.689 bits per heavy atom. The summed E-state index contributed by atoms with van der Waals surface area (Å²) in [5.41, 5.74) is 6.59. The van der Waals surface area contributed by atoms with Gasteiger partial charge in [0.25, 0.3) is 0 Å². The van der Waals surface area contributed by atoms with Gasteiger partial charge in [0.15, 0.2) is 61.8 Å². The van der Waals surface area contributed by atoms with Crippen molar-refractivity contribution in [3.8, 4) is 33.6 Å². The Balaban J connectivity index is -0.0000000997. The molecule has 36 heteroatoms. The number of carbonyl (C=O) groups excluding carboxylic acids is 4. The fourth-order valence-electron chi connectivity index (χ4n) is 4.79. The Labute approximate surface area is 461 Å². The molecule has 4 heterocycles. The Hall–Kier alpha value is -5.23. The molecule has 74 heavy (non-hydrogen) atoms. The average molecular weight is 1050 g/mol. The first kappa shape index (κ1) is 91.4. The smallest absolute Gasteiger partial charge is 1.00 e. The van der Waals surface area contributed by atoms with Crippen LogP contribution in [-0.4, -0.2) is 65.6 Å². The number of rotatable bonds is 10. The first-order chi connectivity index (χ1) is 30.2. The summed E-state index contributed by atoms with van der Waals surface area (Å²) in [5.74, 6) is -2.31. The first-order valence-corrected chi connectivity index (χ1v) is 17.3. The second-order valence-corrected chi connectivity index (χ2v) is 11.5. The molecule has 4 aromatic heterocycles. The summed E-state index contributed by atoms with van der Waals surface area (Å²) >= 11 is 0. The Bertz CT molecular complexity index is 2280. The summed E-state index contributed by atoms with van der Waals surface area (Å²) in [5, 5.41) is 21.3. The van der Waals surface area contributed by atoms with E-state index < -0.39 is 42.1 Å². The first-order valence-electron chi connectivity index (χ1n) is 17.3. The molecule has 12 nitrogen and oxygen atoms in total. The molecule has 0 unspecified atom stereocenters. The van der Waals surface area contributed by atoms with E-state index in [1.54, 1.807) is 53.6 Å². The van der Waals surface area contributed by atoms with Gasteiger partial charge >= 0.3 is 106 Å². The van der Waals surface area contributed by atoms with Gasteiger partial charge in [0.1, 0.15) is 5.97 Å². The third kappa shape index (κ3) is 41.2. The third-order valence-corrected chi connectivity index (χ3v) is 7.35. The molecule has 6 aromatic rings. The number of halogens is 16. The minimum atomic E-state index is -3.67. The molecule has 0 fully saturated rings. The third-order valence-electron chi connectivity index (χ3n) is 7.35. The molecule has 0 bridgehead atoms. The van der Waals surface area contributed by atoms with Crippen molar-refractivity contribution in [3.05, 3.63) is 158 Å². The minimum Gasteiger partial charge on any atom is -1.00 e.